The van der Waals surface area contributed by atoms with Gasteiger partial charge in [0.05, 0.1) is 12.6 Å². The van der Waals surface area contributed by atoms with Gasteiger partial charge in [-0.25, -0.2) is 0 Å². The zero-order valence-corrected chi connectivity index (χ0v) is 19.8. The molecule has 8 nitrogen and oxygen atoms in total. The molecular formula is C27H29N5O3. The Kier molecular flexibility index (Phi) is 6.72. The molecule has 0 spiro atoms. The van der Waals surface area contributed by atoms with Gasteiger partial charge >= 0.3 is 0 Å². The van der Waals surface area contributed by atoms with Crippen LogP contribution in [0, 0.1) is 6.92 Å². The number of rotatable bonds is 8. The van der Waals surface area contributed by atoms with Crippen molar-refractivity contribution in [2.24, 2.45) is 0 Å². The van der Waals surface area contributed by atoms with Crippen LogP contribution < -0.4 is 10.9 Å². The predicted molar refractivity (Wildman–Crippen MR) is 133 cm³/mol. The third-order valence-electron chi connectivity index (χ3n) is 6.49. The summed E-state index contributed by atoms with van der Waals surface area (Å²) in [4.78, 5) is 30.7. The minimum absolute atomic E-state index is 0.0856. The summed E-state index contributed by atoms with van der Waals surface area (Å²) in [5, 5.41) is 7.50. The zero-order chi connectivity index (χ0) is 24.2. The molecule has 0 radical (unpaired) electrons. The molecular weight excluding hydrogens is 442 g/mol. The first-order chi connectivity index (χ1) is 17.1. The number of hydrogen-bond donors (Lipinski definition) is 1. The Morgan fingerprint density at radius 1 is 1.11 bits per heavy atom. The average molecular weight is 472 g/mol. The van der Waals surface area contributed by atoms with Gasteiger partial charge in [-0.2, -0.15) is 9.50 Å². The van der Waals surface area contributed by atoms with Gasteiger partial charge in [0, 0.05) is 36.4 Å². The summed E-state index contributed by atoms with van der Waals surface area (Å²) >= 11 is 0. The molecule has 1 atom stereocenters. The molecule has 2 aromatic carbocycles. The lowest BCUT2D eigenvalue weighted by Crippen LogP contribution is -2.33. The van der Waals surface area contributed by atoms with Crippen molar-refractivity contribution >= 4 is 11.7 Å². The number of carbonyl (C=O) groups excluding carboxylic acids is 1. The molecule has 35 heavy (non-hydrogen) atoms. The van der Waals surface area contributed by atoms with Gasteiger partial charge in [0.1, 0.15) is 0 Å². The van der Waals surface area contributed by atoms with Crippen molar-refractivity contribution in [1.82, 2.24) is 24.5 Å². The maximum atomic E-state index is 13.5. The first-order valence-electron chi connectivity index (χ1n) is 12.1. The fraction of sp³-hybridized carbons (Fsp3) is 0.333. The molecule has 1 amide bonds. The molecule has 1 unspecified atom stereocenters. The first-order valence-corrected chi connectivity index (χ1v) is 12.1. The highest BCUT2D eigenvalue weighted by Crippen LogP contribution is 2.19. The topological polar surface area (TPSA) is 90.5 Å². The van der Waals surface area contributed by atoms with E-state index in [4.69, 9.17) is 9.72 Å². The van der Waals surface area contributed by atoms with Crippen LogP contribution in [0.5, 0.6) is 0 Å². The van der Waals surface area contributed by atoms with E-state index in [2.05, 4.69) is 10.4 Å². The summed E-state index contributed by atoms with van der Waals surface area (Å²) in [5.74, 6) is 0.898. The van der Waals surface area contributed by atoms with Crippen molar-refractivity contribution in [2.45, 2.75) is 45.3 Å². The Balaban J connectivity index is 1.48. The summed E-state index contributed by atoms with van der Waals surface area (Å²) < 4.78 is 8.96. The highest BCUT2D eigenvalue weighted by molar-refractivity contribution is 5.76. The first kappa shape index (κ1) is 23.0. The molecule has 0 aliphatic carbocycles. The second-order valence-electron chi connectivity index (χ2n) is 8.89. The molecule has 1 saturated heterocycles. The highest BCUT2D eigenvalue weighted by atomic mass is 16.5. The molecule has 1 N–H and O–H groups in total. The lowest BCUT2D eigenvalue weighted by molar-refractivity contribution is -0.121. The predicted octanol–water partition coefficient (Wildman–Crippen LogP) is 3.14. The van der Waals surface area contributed by atoms with Crippen LogP contribution in [-0.2, 0) is 22.5 Å². The maximum absolute atomic E-state index is 13.5. The van der Waals surface area contributed by atoms with Gasteiger partial charge in [-0.05, 0) is 31.7 Å². The average Bonchev–Trinajstić information content (AvgIpc) is 3.57. The van der Waals surface area contributed by atoms with Crippen LogP contribution in [-0.4, -0.2) is 44.3 Å². The van der Waals surface area contributed by atoms with E-state index in [1.165, 1.54) is 4.52 Å². The lowest BCUT2D eigenvalue weighted by atomic mass is 10.1. The van der Waals surface area contributed by atoms with Gasteiger partial charge in [-0.1, -0.05) is 60.7 Å². The fourth-order valence-electron chi connectivity index (χ4n) is 4.52. The number of nitrogens with zero attached hydrogens (tertiary/aromatic N) is 4. The molecule has 0 saturated carbocycles. The number of ether oxygens (including phenoxy) is 1. The van der Waals surface area contributed by atoms with Gasteiger partial charge in [0.25, 0.3) is 5.56 Å². The smallest absolute Gasteiger partial charge is 0.279 e. The second kappa shape index (κ2) is 10.2. The molecule has 4 aromatic rings. The monoisotopic (exact) mass is 471 g/mol. The number of benzene rings is 2. The van der Waals surface area contributed by atoms with E-state index in [1.807, 2.05) is 72.2 Å². The van der Waals surface area contributed by atoms with E-state index in [-0.39, 0.29) is 24.0 Å². The Morgan fingerprint density at radius 3 is 2.57 bits per heavy atom. The Bertz CT molecular complexity index is 1370. The van der Waals surface area contributed by atoms with E-state index >= 15 is 0 Å². The number of aromatic nitrogens is 4. The van der Waals surface area contributed by atoms with E-state index in [0.29, 0.717) is 36.7 Å². The molecule has 2 aromatic heterocycles. The van der Waals surface area contributed by atoms with Crippen LogP contribution in [0.1, 0.15) is 36.1 Å². The zero-order valence-electron chi connectivity index (χ0n) is 19.8. The standard InChI is InChI=1S/C27H29N5O3/c1-19-23(14-15-24(33)28-17-22-13-8-16-35-22)26(34)32-27(31(19)18-20-9-4-2-5-10-20)29-25(30-32)21-11-6-3-7-12-21/h2-7,9-12,22H,8,13-18H2,1H3,(H,28,33). The minimum atomic E-state index is -0.233. The van der Waals surface area contributed by atoms with E-state index in [9.17, 15) is 9.59 Å². The van der Waals surface area contributed by atoms with Gasteiger partial charge in [0.2, 0.25) is 11.7 Å². The number of amides is 1. The van der Waals surface area contributed by atoms with Crippen LogP contribution in [0.25, 0.3) is 17.2 Å². The van der Waals surface area contributed by atoms with Crippen LogP contribution in [0.2, 0.25) is 0 Å². The Hall–Kier alpha value is -3.78. The Labute approximate surface area is 203 Å². The Morgan fingerprint density at radius 2 is 1.86 bits per heavy atom. The molecule has 1 aliphatic heterocycles. The number of fused-ring (bicyclic) bond motifs is 1. The number of nitrogens with one attached hydrogen (secondary N) is 1. The maximum Gasteiger partial charge on any atom is 0.279 e. The molecule has 3 heterocycles. The normalized spacial score (nSPS) is 15.5. The summed E-state index contributed by atoms with van der Waals surface area (Å²) in [6.45, 7) is 3.73. The number of carbonyl (C=O) groups is 1. The van der Waals surface area contributed by atoms with Crippen molar-refractivity contribution in [2.75, 3.05) is 13.2 Å². The van der Waals surface area contributed by atoms with Gasteiger partial charge in [0.15, 0.2) is 5.82 Å². The quantitative estimate of drug-likeness (QED) is 0.426. The fourth-order valence-corrected chi connectivity index (χ4v) is 4.52. The largest absolute Gasteiger partial charge is 0.376 e. The summed E-state index contributed by atoms with van der Waals surface area (Å²) in [7, 11) is 0. The summed E-state index contributed by atoms with van der Waals surface area (Å²) in [6, 6.07) is 19.7. The highest BCUT2D eigenvalue weighted by Gasteiger charge is 2.20. The van der Waals surface area contributed by atoms with E-state index in [0.717, 1.165) is 36.3 Å². The SMILES string of the molecule is Cc1c(CCC(=O)NCC2CCCO2)c(=O)n2nc(-c3ccccc3)nc2n1Cc1ccccc1. The van der Waals surface area contributed by atoms with Gasteiger partial charge in [-0.15, -0.1) is 5.10 Å². The van der Waals surface area contributed by atoms with Gasteiger partial charge < -0.3 is 14.6 Å². The summed E-state index contributed by atoms with van der Waals surface area (Å²) in [5.41, 5.74) is 3.07. The third-order valence-corrected chi connectivity index (χ3v) is 6.49. The van der Waals surface area contributed by atoms with Crippen LogP contribution in [0.3, 0.4) is 0 Å². The molecule has 8 heteroatoms. The van der Waals surface area contributed by atoms with Crippen molar-refractivity contribution in [1.29, 1.82) is 0 Å². The molecule has 1 fully saturated rings. The summed E-state index contributed by atoms with van der Waals surface area (Å²) in [6.07, 6.45) is 2.64. The number of hydrogen-bond acceptors (Lipinski definition) is 5. The molecule has 5 rings (SSSR count). The van der Waals surface area contributed by atoms with E-state index in [1.54, 1.807) is 0 Å². The molecule has 0 bridgehead atoms. The molecule has 180 valence electrons. The molecule has 1 aliphatic rings. The lowest BCUT2D eigenvalue weighted by Gasteiger charge is -2.16. The van der Waals surface area contributed by atoms with Crippen molar-refractivity contribution in [3.05, 3.63) is 87.8 Å². The van der Waals surface area contributed by atoms with Crippen LogP contribution in [0.15, 0.2) is 65.5 Å². The van der Waals surface area contributed by atoms with Crippen LogP contribution >= 0.6 is 0 Å². The van der Waals surface area contributed by atoms with Crippen molar-refractivity contribution < 1.29 is 9.53 Å². The minimum Gasteiger partial charge on any atom is -0.376 e. The third kappa shape index (κ3) is 5.02. The van der Waals surface area contributed by atoms with Gasteiger partial charge in [-0.3, -0.25) is 9.59 Å². The van der Waals surface area contributed by atoms with Crippen molar-refractivity contribution in [3.8, 4) is 11.4 Å². The second-order valence-corrected chi connectivity index (χ2v) is 8.89. The van der Waals surface area contributed by atoms with Crippen LogP contribution in [0.4, 0.5) is 0 Å². The van der Waals surface area contributed by atoms with Crippen molar-refractivity contribution in [3.63, 3.8) is 0 Å². The van der Waals surface area contributed by atoms with E-state index < -0.39 is 0 Å².